The summed E-state index contributed by atoms with van der Waals surface area (Å²) in [7, 11) is 0. The maximum absolute atomic E-state index is 13.5. The lowest BCUT2D eigenvalue weighted by molar-refractivity contribution is -0.156. The zero-order chi connectivity index (χ0) is 21.2. The second kappa shape index (κ2) is 7.95. The zero-order valence-corrected chi connectivity index (χ0v) is 14.9. The molecule has 1 heterocycles. The van der Waals surface area contributed by atoms with Crippen LogP contribution in [0.5, 0.6) is 5.75 Å². The highest BCUT2D eigenvalue weighted by Gasteiger charge is 2.51. The van der Waals surface area contributed by atoms with E-state index in [0.29, 0.717) is 11.8 Å². The number of hydrogen-bond acceptors (Lipinski definition) is 3. The SMILES string of the molecule is N#Cc1ccc(C2C[C@@H](COc3ccccc3)N[C@H]2C(F)(F)F)cc1C(F)(F)F. The number of nitriles is 1. The van der Waals surface area contributed by atoms with E-state index in [0.717, 1.165) is 12.1 Å². The quantitative estimate of drug-likeness (QED) is 0.714. The molecule has 3 rings (SSSR count). The van der Waals surface area contributed by atoms with Crippen LogP contribution < -0.4 is 10.1 Å². The molecule has 0 aliphatic carbocycles. The fourth-order valence-electron chi connectivity index (χ4n) is 3.49. The second-order valence-corrected chi connectivity index (χ2v) is 6.76. The summed E-state index contributed by atoms with van der Waals surface area (Å²) in [6, 6.07) is 9.94. The summed E-state index contributed by atoms with van der Waals surface area (Å²) in [6.07, 6.45) is -9.55. The van der Waals surface area contributed by atoms with Gasteiger partial charge in [-0.1, -0.05) is 24.3 Å². The molecule has 0 radical (unpaired) electrons. The normalized spacial score (nSPS) is 22.3. The van der Waals surface area contributed by atoms with Gasteiger partial charge in [-0.05, 0) is 36.2 Å². The van der Waals surface area contributed by atoms with Crippen LogP contribution in [0.4, 0.5) is 26.3 Å². The Labute approximate surface area is 162 Å². The van der Waals surface area contributed by atoms with Gasteiger partial charge in [-0.25, -0.2) is 0 Å². The van der Waals surface area contributed by atoms with Gasteiger partial charge in [-0.2, -0.15) is 31.6 Å². The van der Waals surface area contributed by atoms with Crippen LogP contribution in [-0.2, 0) is 6.18 Å². The van der Waals surface area contributed by atoms with Gasteiger partial charge in [0.15, 0.2) is 0 Å². The number of nitrogens with one attached hydrogen (secondary N) is 1. The Kier molecular flexibility index (Phi) is 5.75. The largest absolute Gasteiger partial charge is 0.492 e. The van der Waals surface area contributed by atoms with Crippen molar-refractivity contribution in [2.45, 2.75) is 36.8 Å². The predicted molar refractivity (Wildman–Crippen MR) is 92.2 cm³/mol. The molecule has 2 aromatic rings. The van der Waals surface area contributed by atoms with E-state index >= 15 is 0 Å². The summed E-state index contributed by atoms with van der Waals surface area (Å²) in [5.74, 6) is -0.743. The summed E-state index contributed by atoms with van der Waals surface area (Å²) in [5, 5.41) is 11.3. The van der Waals surface area contributed by atoms with Gasteiger partial charge in [0, 0.05) is 12.0 Å². The Morgan fingerprint density at radius 3 is 2.31 bits per heavy atom. The summed E-state index contributed by atoms with van der Waals surface area (Å²) >= 11 is 0. The van der Waals surface area contributed by atoms with Crippen molar-refractivity contribution in [2.24, 2.45) is 0 Å². The highest BCUT2D eigenvalue weighted by molar-refractivity contribution is 5.43. The maximum Gasteiger partial charge on any atom is 0.417 e. The average Bonchev–Trinajstić information content (AvgIpc) is 3.11. The topological polar surface area (TPSA) is 45.0 Å². The predicted octanol–water partition coefficient (Wildman–Crippen LogP) is 5.03. The molecule has 9 heteroatoms. The van der Waals surface area contributed by atoms with Crippen molar-refractivity contribution in [3.8, 4) is 11.8 Å². The standard InChI is InChI=1S/C20H16F6N2O/c21-19(22,23)17-8-12(6-7-13(17)10-27)16-9-14(28-18(16)20(24,25)26)11-29-15-4-2-1-3-5-15/h1-8,14,16,18,28H,9,11H2/t14-,16?,18+/m0/s1. The molecular formula is C20H16F6N2O. The van der Waals surface area contributed by atoms with Gasteiger partial charge in [-0.3, -0.25) is 5.32 Å². The second-order valence-electron chi connectivity index (χ2n) is 6.76. The first-order valence-corrected chi connectivity index (χ1v) is 8.71. The van der Waals surface area contributed by atoms with Crippen molar-refractivity contribution in [1.82, 2.24) is 5.32 Å². The van der Waals surface area contributed by atoms with Crippen LogP contribution in [0.25, 0.3) is 0 Å². The minimum atomic E-state index is -4.84. The van der Waals surface area contributed by atoms with Gasteiger partial charge in [0.1, 0.15) is 18.4 Å². The molecule has 1 N–H and O–H groups in total. The summed E-state index contributed by atoms with van der Waals surface area (Å²) in [6.45, 7) is -0.0600. The molecule has 1 saturated heterocycles. The molecule has 3 atom stereocenters. The molecule has 0 bridgehead atoms. The first-order chi connectivity index (χ1) is 13.6. The molecule has 0 amide bonds. The number of alkyl halides is 6. The van der Waals surface area contributed by atoms with Gasteiger partial charge in [-0.15, -0.1) is 0 Å². The highest BCUT2D eigenvalue weighted by Crippen LogP contribution is 2.42. The third-order valence-corrected chi connectivity index (χ3v) is 4.80. The van der Waals surface area contributed by atoms with Gasteiger partial charge in [0.05, 0.1) is 17.2 Å². The number of ether oxygens (including phenoxy) is 1. The van der Waals surface area contributed by atoms with E-state index in [1.165, 1.54) is 6.07 Å². The van der Waals surface area contributed by atoms with Gasteiger partial charge < -0.3 is 4.74 Å². The van der Waals surface area contributed by atoms with Crippen LogP contribution in [-0.4, -0.2) is 24.9 Å². The van der Waals surface area contributed by atoms with E-state index in [1.807, 2.05) is 0 Å². The van der Waals surface area contributed by atoms with Crippen LogP contribution in [0.1, 0.15) is 29.0 Å². The Morgan fingerprint density at radius 1 is 1.03 bits per heavy atom. The van der Waals surface area contributed by atoms with Crippen molar-refractivity contribution in [3.63, 3.8) is 0 Å². The van der Waals surface area contributed by atoms with Crippen molar-refractivity contribution in [1.29, 1.82) is 5.26 Å². The molecule has 3 nitrogen and oxygen atoms in total. The molecule has 1 aliphatic heterocycles. The Balaban J connectivity index is 1.85. The monoisotopic (exact) mass is 414 g/mol. The maximum atomic E-state index is 13.5. The molecule has 2 aromatic carbocycles. The summed E-state index contributed by atoms with van der Waals surface area (Å²) in [4.78, 5) is 0. The van der Waals surface area contributed by atoms with Gasteiger partial charge >= 0.3 is 12.4 Å². The molecule has 0 aromatic heterocycles. The van der Waals surface area contributed by atoms with Crippen molar-refractivity contribution in [3.05, 3.63) is 65.2 Å². The van der Waals surface area contributed by atoms with Crippen molar-refractivity contribution < 1.29 is 31.1 Å². The van der Waals surface area contributed by atoms with E-state index < -0.39 is 41.5 Å². The minimum absolute atomic E-state index is 0.0553. The van der Waals surface area contributed by atoms with E-state index in [2.05, 4.69) is 5.32 Å². The number of nitrogens with zero attached hydrogens (tertiary/aromatic N) is 1. The van der Waals surface area contributed by atoms with Crippen LogP contribution >= 0.6 is 0 Å². The van der Waals surface area contributed by atoms with E-state index in [-0.39, 0.29) is 18.6 Å². The van der Waals surface area contributed by atoms with E-state index in [9.17, 15) is 26.3 Å². The smallest absolute Gasteiger partial charge is 0.417 e. The van der Waals surface area contributed by atoms with E-state index in [1.54, 1.807) is 30.3 Å². The van der Waals surface area contributed by atoms with E-state index in [4.69, 9.17) is 10.00 Å². The van der Waals surface area contributed by atoms with Gasteiger partial charge in [0.2, 0.25) is 0 Å². The zero-order valence-electron chi connectivity index (χ0n) is 14.9. The van der Waals surface area contributed by atoms with Crippen LogP contribution in [0.2, 0.25) is 0 Å². The van der Waals surface area contributed by atoms with Crippen molar-refractivity contribution in [2.75, 3.05) is 6.61 Å². The number of hydrogen-bond donors (Lipinski definition) is 1. The third kappa shape index (κ3) is 4.82. The lowest BCUT2D eigenvalue weighted by atomic mass is 9.88. The fraction of sp³-hybridized carbons (Fsp3) is 0.350. The minimum Gasteiger partial charge on any atom is -0.492 e. The summed E-state index contributed by atoms with van der Waals surface area (Å²) in [5.41, 5.74) is -1.98. The number of halogens is 6. The first kappa shape index (κ1) is 21.0. The number of benzene rings is 2. The van der Waals surface area contributed by atoms with Crippen LogP contribution in [0.15, 0.2) is 48.5 Å². The first-order valence-electron chi connectivity index (χ1n) is 8.71. The Hall–Kier alpha value is -2.73. The molecule has 154 valence electrons. The Morgan fingerprint density at radius 2 is 1.72 bits per heavy atom. The average molecular weight is 414 g/mol. The molecule has 1 unspecified atom stereocenters. The van der Waals surface area contributed by atoms with Crippen molar-refractivity contribution >= 4 is 0 Å². The number of para-hydroxylation sites is 1. The fourth-order valence-corrected chi connectivity index (χ4v) is 3.49. The summed E-state index contributed by atoms with van der Waals surface area (Å²) < 4.78 is 85.7. The molecule has 0 spiro atoms. The molecule has 29 heavy (non-hydrogen) atoms. The molecule has 1 fully saturated rings. The molecule has 1 aliphatic rings. The number of rotatable bonds is 4. The molecular weight excluding hydrogens is 398 g/mol. The Bertz CT molecular complexity index is 889. The van der Waals surface area contributed by atoms with Gasteiger partial charge in [0.25, 0.3) is 0 Å². The lowest BCUT2D eigenvalue weighted by Crippen LogP contribution is -2.44. The molecule has 0 saturated carbocycles. The highest BCUT2D eigenvalue weighted by atomic mass is 19.4. The third-order valence-electron chi connectivity index (χ3n) is 4.80. The lowest BCUT2D eigenvalue weighted by Gasteiger charge is -2.23. The van der Waals surface area contributed by atoms with Crippen LogP contribution in [0.3, 0.4) is 0 Å². The van der Waals surface area contributed by atoms with Crippen LogP contribution in [0, 0.1) is 11.3 Å².